The first-order valence-electron chi connectivity index (χ1n) is 11.4. The van der Waals surface area contributed by atoms with Gasteiger partial charge in [-0.05, 0) is 66.6 Å². The van der Waals surface area contributed by atoms with Gasteiger partial charge in [0.25, 0.3) is 0 Å². The van der Waals surface area contributed by atoms with E-state index < -0.39 is 5.92 Å². The predicted molar refractivity (Wildman–Crippen MR) is 150 cm³/mol. The molecule has 2 aliphatic rings. The van der Waals surface area contributed by atoms with Crippen LogP contribution in [0, 0.1) is 21.8 Å². The van der Waals surface area contributed by atoms with Crippen molar-refractivity contribution in [3.05, 3.63) is 74.2 Å². The van der Waals surface area contributed by atoms with Crippen LogP contribution >= 0.6 is 45.7 Å². The Balaban J connectivity index is 1.42. The summed E-state index contributed by atoms with van der Waals surface area (Å²) in [7, 11) is 0. The number of nitrogens with two attached hydrogens (primary N) is 1. The molecule has 0 bridgehead atoms. The molecule has 1 aromatic carbocycles. The van der Waals surface area contributed by atoms with Gasteiger partial charge >= 0.3 is 0 Å². The molecule has 3 heterocycles. The molecule has 0 radical (unpaired) electrons. The van der Waals surface area contributed by atoms with Crippen LogP contribution < -0.4 is 16.0 Å². The number of carbonyl (C=O) groups is 2. The maximum Gasteiger partial charge on any atom is 0.234 e. The first-order chi connectivity index (χ1) is 17.9. The number of aryl methyl sites for hydroxylation is 1. The van der Waals surface area contributed by atoms with E-state index in [0.29, 0.717) is 45.8 Å². The Morgan fingerprint density at radius 2 is 2.14 bits per heavy atom. The van der Waals surface area contributed by atoms with E-state index in [1.807, 2.05) is 37.3 Å². The monoisotopic (exact) mass is 644 g/mol. The largest absolute Gasteiger partial charge is 0.465 e. The molecule has 5 rings (SSSR count). The Kier molecular flexibility index (Phi) is 7.36. The van der Waals surface area contributed by atoms with Gasteiger partial charge in [-0.1, -0.05) is 35.2 Å². The summed E-state index contributed by atoms with van der Waals surface area (Å²) < 4.78 is 7.36. The van der Waals surface area contributed by atoms with Crippen molar-refractivity contribution in [3.63, 3.8) is 0 Å². The van der Waals surface area contributed by atoms with Crippen LogP contribution in [-0.2, 0) is 9.59 Å². The molecule has 2 aromatic heterocycles. The second-order valence-electron chi connectivity index (χ2n) is 8.43. The SMILES string of the molecule is Cc1ccc(C2C(C#N)=C(N)N(c3nnc(SCC(=O)Nc4ccccc4I)s3)C3=C2C(=O)CCC3)o1. The number of Topliss-reactive ketones (excluding diaryl/α,β-unsaturated/α-hetero) is 1. The van der Waals surface area contributed by atoms with Crippen LogP contribution in [0.3, 0.4) is 0 Å². The number of nitriles is 1. The summed E-state index contributed by atoms with van der Waals surface area (Å²) in [5.41, 5.74) is 8.78. The molecule has 0 spiro atoms. The number of hydrogen-bond donors (Lipinski definition) is 2. The molecule has 1 atom stereocenters. The van der Waals surface area contributed by atoms with E-state index in [1.54, 1.807) is 11.0 Å². The fourth-order valence-corrected chi connectivity index (χ4v) is 6.63. The Labute approximate surface area is 234 Å². The summed E-state index contributed by atoms with van der Waals surface area (Å²) >= 11 is 4.69. The van der Waals surface area contributed by atoms with Gasteiger partial charge in [0.05, 0.1) is 29.0 Å². The number of para-hydroxylation sites is 1. The van der Waals surface area contributed by atoms with Gasteiger partial charge in [-0.2, -0.15) is 5.26 Å². The summed E-state index contributed by atoms with van der Waals surface area (Å²) in [6.07, 6.45) is 1.68. The number of halogens is 1. The number of rotatable bonds is 6. The number of allylic oxidation sites excluding steroid dienone is 3. The van der Waals surface area contributed by atoms with Gasteiger partial charge in [0, 0.05) is 21.3 Å². The van der Waals surface area contributed by atoms with Crippen molar-refractivity contribution in [1.29, 1.82) is 5.26 Å². The van der Waals surface area contributed by atoms with Gasteiger partial charge in [0.2, 0.25) is 11.0 Å². The molecule has 9 nitrogen and oxygen atoms in total. The molecule has 0 saturated heterocycles. The predicted octanol–water partition coefficient (Wildman–Crippen LogP) is 5.08. The Hall–Kier alpha value is -3.15. The molecule has 3 N–H and O–H groups in total. The third-order valence-electron chi connectivity index (χ3n) is 6.02. The molecule has 188 valence electrons. The lowest BCUT2D eigenvalue weighted by Crippen LogP contribution is -2.38. The van der Waals surface area contributed by atoms with E-state index in [9.17, 15) is 14.9 Å². The van der Waals surface area contributed by atoms with Crippen LogP contribution in [0.15, 0.2) is 67.8 Å². The minimum Gasteiger partial charge on any atom is -0.465 e. The van der Waals surface area contributed by atoms with Crippen LogP contribution in [0.25, 0.3) is 0 Å². The van der Waals surface area contributed by atoms with E-state index in [4.69, 9.17) is 10.2 Å². The summed E-state index contributed by atoms with van der Waals surface area (Å²) in [5.74, 6) is 0.734. The number of furan rings is 1. The summed E-state index contributed by atoms with van der Waals surface area (Å²) in [5, 5.41) is 21.9. The molecule has 1 aliphatic carbocycles. The van der Waals surface area contributed by atoms with E-state index in [2.05, 4.69) is 44.2 Å². The lowest BCUT2D eigenvalue weighted by atomic mass is 9.78. The van der Waals surface area contributed by atoms with Gasteiger partial charge in [0.1, 0.15) is 17.3 Å². The number of amides is 1. The second kappa shape index (κ2) is 10.7. The normalized spacial score (nSPS) is 17.6. The molecule has 1 amide bonds. The van der Waals surface area contributed by atoms with Crippen molar-refractivity contribution >= 4 is 68.2 Å². The van der Waals surface area contributed by atoms with Crippen molar-refractivity contribution in [3.8, 4) is 6.07 Å². The van der Waals surface area contributed by atoms with Crippen LogP contribution in [-0.4, -0.2) is 27.6 Å². The lowest BCUT2D eigenvalue weighted by Gasteiger charge is -2.37. The Morgan fingerprint density at radius 3 is 2.86 bits per heavy atom. The minimum atomic E-state index is -0.649. The number of ketones is 1. The van der Waals surface area contributed by atoms with Crippen molar-refractivity contribution in [2.75, 3.05) is 16.0 Å². The quantitative estimate of drug-likeness (QED) is 0.278. The van der Waals surface area contributed by atoms with E-state index >= 15 is 0 Å². The fourth-order valence-electron chi connectivity index (χ4n) is 4.43. The third kappa shape index (κ3) is 5.03. The summed E-state index contributed by atoms with van der Waals surface area (Å²) in [6.45, 7) is 1.82. The van der Waals surface area contributed by atoms with E-state index in [0.717, 1.165) is 15.0 Å². The summed E-state index contributed by atoms with van der Waals surface area (Å²) in [6, 6.07) is 13.3. The number of carbonyl (C=O) groups excluding carboxylic acids is 2. The van der Waals surface area contributed by atoms with E-state index in [-0.39, 0.29) is 28.8 Å². The molecular weight excluding hydrogens is 623 g/mol. The molecular formula is C25H21IN6O3S2. The fraction of sp³-hybridized carbons (Fsp3) is 0.240. The Bertz CT molecular complexity index is 1500. The number of thioether (sulfide) groups is 1. The van der Waals surface area contributed by atoms with Crippen molar-refractivity contribution < 1.29 is 14.0 Å². The van der Waals surface area contributed by atoms with E-state index in [1.165, 1.54) is 23.1 Å². The van der Waals surface area contributed by atoms with Crippen molar-refractivity contribution in [1.82, 2.24) is 10.2 Å². The number of aromatic nitrogens is 2. The highest BCUT2D eigenvalue weighted by atomic mass is 127. The first-order valence-corrected chi connectivity index (χ1v) is 14.3. The van der Waals surface area contributed by atoms with Crippen LogP contribution in [0.4, 0.5) is 10.8 Å². The number of nitrogens with zero attached hydrogens (tertiary/aromatic N) is 4. The average molecular weight is 645 g/mol. The highest BCUT2D eigenvalue weighted by molar-refractivity contribution is 14.1. The van der Waals surface area contributed by atoms with Crippen molar-refractivity contribution in [2.24, 2.45) is 5.73 Å². The van der Waals surface area contributed by atoms with Crippen molar-refractivity contribution in [2.45, 2.75) is 36.4 Å². The topological polar surface area (TPSA) is 138 Å². The maximum atomic E-state index is 13.1. The molecule has 3 aromatic rings. The zero-order chi connectivity index (χ0) is 26.1. The van der Waals surface area contributed by atoms with Gasteiger partial charge < -0.3 is 15.5 Å². The van der Waals surface area contributed by atoms with Gasteiger partial charge in [-0.3, -0.25) is 14.5 Å². The second-order valence-corrected chi connectivity index (χ2v) is 11.8. The maximum absolute atomic E-state index is 13.1. The van der Waals surface area contributed by atoms with Gasteiger partial charge in [0.15, 0.2) is 10.1 Å². The van der Waals surface area contributed by atoms with Gasteiger partial charge in [-0.25, -0.2) is 0 Å². The smallest absolute Gasteiger partial charge is 0.234 e. The number of nitrogens with one attached hydrogen (secondary N) is 1. The molecule has 0 saturated carbocycles. The standard InChI is InChI=1S/C25H21IN6O3S2/c1-13-9-10-19(35-13)21-14(11-27)23(28)32(17-7-4-8-18(33)22(17)21)24-30-31-25(37-24)36-12-20(34)29-16-6-3-2-5-15(16)26/h2-3,5-6,9-10,21H,4,7-8,12,28H2,1H3,(H,29,34). The highest BCUT2D eigenvalue weighted by Gasteiger charge is 2.42. The highest BCUT2D eigenvalue weighted by Crippen LogP contribution is 2.47. The molecule has 0 fully saturated rings. The minimum absolute atomic E-state index is 0.0307. The van der Waals surface area contributed by atoms with Crippen LogP contribution in [0.1, 0.15) is 36.7 Å². The average Bonchev–Trinajstić information content (AvgIpc) is 3.52. The zero-order valence-corrected chi connectivity index (χ0v) is 23.4. The molecule has 12 heteroatoms. The Morgan fingerprint density at radius 1 is 1.32 bits per heavy atom. The molecule has 1 unspecified atom stereocenters. The molecule has 1 aliphatic heterocycles. The third-order valence-corrected chi connectivity index (χ3v) is 9.00. The number of anilines is 2. The summed E-state index contributed by atoms with van der Waals surface area (Å²) in [4.78, 5) is 27.3. The van der Waals surface area contributed by atoms with Crippen LogP contribution in [0.2, 0.25) is 0 Å². The first kappa shape index (κ1) is 25.5. The number of benzene rings is 1. The molecule has 37 heavy (non-hydrogen) atoms. The van der Waals surface area contributed by atoms with Crippen LogP contribution in [0.5, 0.6) is 0 Å². The van der Waals surface area contributed by atoms with Gasteiger partial charge in [-0.15, -0.1) is 10.2 Å². The number of hydrogen-bond acceptors (Lipinski definition) is 10. The lowest BCUT2D eigenvalue weighted by molar-refractivity contribution is -0.116. The zero-order valence-electron chi connectivity index (χ0n) is 19.7.